The van der Waals surface area contributed by atoms with Gasteiger partial charge in [-0.15, -0.1) is 11.8 Å². The molecule has 0 unspecified atom stereocenters. The SMILES string of the molecule is CSc1ccc2ncc(C(=O)C=CN(C)C)n2c1. The van der Waals surface area contributed by atoms with Crippen LogP contribution in [0.4, 0.5) is 0 Å². The Kier molecular flexibility index (Phi) is 3.72. The van der Waals surface area contributed by atoms with Gasteiger partial charge >= 0.3 is 0 Å². The van der Waals surface area contributed by atoms with Crippen LogP contribution in [0.3, 0.4) is 0 Å². The number of thioether (sulfide) groups is 1. The average Bonchev–Trinajstić information content (AvgIpc) is 2.78. The monoisotopic (exact) mass is 261 g/mol. The number of carbonyl (C=O) groups excluding carboxylic acids is 1. The number of rotatable bonds is 4. The third-order valence-corrected chi connectivity index (χ3v) is 3.20. The largest absolute Gasteiger partial charge is 0.383 e. The van der Waals surface area contributed by atoms with E-state index in [1.165, 1.54) is 0 Å². The summed E-state index contributed by atoms with van der Waals surface area (Å²) in [5, 5.41) is 0. The summed E-state index contributed by atoms with van der Waals surface area (Å²) in [5.41, 5.74) is 1.37. The van der Waals surface area contributed by atoms with Crippen LogP contribution >= 0.6 is 11.8 Å². The Labute approximate surface area is 110 Å². The van der Waals surface area contributed by atoms with E-state index < -0.39 is 0 Å². The van der Waals surface area contributed by atoms with E-state index in [0.717, 1.165) is 10.5 Å². The van der Waals surface area contributed by atoms with Crippen LogP contribution in [0, 0.1) is 0 Å². The lowest BCUT2D eigenvalue weighted by molar-refractivity contribution is 0.104. The van der Waals surface area contributed by atoms with Crippen LogP contribution in [0.25, 0.3) is 5.65 Å². The van der Waals surface area contributed by atoms with Crippen LogP contribution in [-0.4, -0.2) is 40.4 Å². The Morgan fingerprint density at radius 1 is 1.44 bits per heavy atom. The third-order valence-electron chi connectivity index (χ3n) is 2.49. The van der Waals surface area contributed by atoms with Crippen LogP contribution in [0.2, 0.25) is 0 Å². The van der Waals surface area contributed by atoms with Crippen LogP contribution in [0.1, 0.15) is 10.5 Å². The molecular formula is C13H15N3OS. The second-order valence-corrected chi connectivity index (χ2v) is 4.96. The topological polar surface area (TPSA) is 37.6 Å². The minimum absolute atomic E-state index is 0.0468. The fourth-order valence-electron chi connectivity index (χ4n) is 1.57. The fourth-order valence-corrected chi connectivity index (χ4v) is 1.98. The van der Waals surface area contributed by atoms with Crippen molar-refractivity contribution in [1.29, 1.82) is 0 Å². The molecule has 0 N–H and O–H groups in total. The average molecular weight is 261 g/mol. The second kappa shape index (κ2) is 5.27. The van der Waals surface area contributed by atoms with Gasteiger partial charge in [-0.1, -0.05) is 0 Å². The zero-order chi connectivity index (χ0) is 13.1. The number of carbonyl (C=O) groups is 1. The van der Waals surface area contributed by atoms with Gasteiger partial charge < -0.3 is 4.90 Å². The van der Waals surface area contributed by atoms with E-state index in [9.17, 15) is 4.79 Å². The molecule has 0 aliphatic carbocycles. The summed E-state index contributed by atoms with van der Waals surface area (Å²) in [6, 6.07) is 3.91. The van der Waals surface area contributed by atoms with E-state index in [-0.39, 0.29) is 5.78 Å². The Morgan fingerprint density at radius 2 is 2.22 bits per heavy atom. The molecule has 5 heteroatoms. The Bertz CT molecular complexity index is 601. The summed E-state index contributed by atoms with van der Waals surface area (Å²) in [7, 11) is 3.76. The standard InChI is InChI=1S/C13H15N3OS/c1-15(2)7-6-12(17)11-8-14-13-5-4-10(18-3)9-16(11)13/h4-9H,1-3H3. The number of aromatic nitrogens is 2. The first kappa shape index (κ1) is 12.7. The zero-order valence-electron chi connectivity index (χ0n) is 10.6. The maximum Gasteiger partial charge on any atom is 0.205 e. The lowest BCUT2D eigenvalue weighted by Crippen LogP contribution is -2.05. The molecule has 0 aromatic carbocycles. The predicted octanol–water partition coefficient (Wildman–Crippen LogP) is 2.31. The predicted molar refractivity (Wildman–Crippen MR) is 74.1 cm³/mol. The minimum Gasteiger partial charge on any atom is -0.383 e. The van der Waals surface area contributed by atoms with Gasteiger partial charge in [0.05, 0.1) is 6.20 Å². The van der Waals surface area contributed by atoms with Gasteiger partial charge in [-0.25, -0.2) is 4.98 Å². The molecule has 2 rings (SSSR count). The van der Waals surface area contributed by atoms with E-state index in [0.29, 0.717) is 5.69 Å². The first-order valence-electron chi connectivity index (χ1n) is 5.52. The lowest BCUT2D eigenvalue weighted by atomic mass is 10.3. The third kappa shape index (κ3) is 2.56. The number of pyridine rings is 1. The maximum atomic E-state index is 12.0. The molecule has 2 aromatic heterocycles. The van der Waals surface area contributed by atoms with Crippen LogP contribution < -0.4 is 0 Å². The second-order valence-electron chi connectivity index (χ2n) is 4.08. The molecule has 0 aliphatic rings. The van der Waals surface area contributed by atoms with E-state index in [4.69, 9.17) is 0 Å². The van der Waals surface area contributed by atoms with Crippen molar-refractivity contribution in [3.63, 3.8) is 0 Å². The molecular weight excluding hydrogens is 246 g/mol. The highest BCUT2D eigenvalue weighted by Gasteiger charge is 2.09. The summed E-state index contributed by atoms with van der Waals surface area (Å²) in [4.78, 5) is 19.2. The number of fused-ring (bicyclic) bond motifs is 1. The van der Waals surface area contributed by atoms with Crippen molar-refractivity contribution < 1.29 is 4.79 Å². The Morgan fingerprint density at radius 3 is 2.89 bits per heavy atom. The Hall–Kier alpha value is -1.75. The van der Waals surface area contributed by atoms with Crippen molar-refractivity contribution in [1.82, 2.24) is 14.3 Å². The summed E-state index contributed by atoms with van der Waals surface area (Å²) in [6.07, 6.45) is 8.84. The highest BCUT2D eigenvalue weighted by atomic mass is 32.2. The van der Waals surface area contributed by atoms with E-state index in [1.54, 1.807) is 30.2 Å². The minimum atomic E-state index is -0.0468. The van der Waals surface area contributed by atoms with Crippen molar-refractivity contribution in [2.45, 2.75) is 4.90 Å². The van der Waals surface area contributed by atoms with Crippen molar-refractivity contribution in [3.05, 3.63) is 42.5 Å². The number of allylic oxidation sites excluding steroid dienone is 1. The summed E-state index contributed by atoms with van der Waals surface area (Å²) in [6.45, 7) is 0. The molecule has 0 fully saturated rings. The molecule has 0 amide bonds. The molecule has 0 bridgehead atoms. The fraction of sp³-hybridized carbons (Fsp3) is 0.231. The molecule has 2 heterocycles. The molecule has 0 spiro atoms. The van der Waals surface area contributed by atoms with Crippen molar-refractivity contribution in [2.75, 3.05) is 20.4 Å². The van der Waals surface area contributed by atoms with Gasteiger partial charge in [0.15, 0.2) is 0 Å². The molecule has 2 aromatic rings. The first-order valence-corrected chi connectivity index (χ1v) is 6.74. The molecule has 0 radical (unpaired) electrons. The summed E-state index contributed by atoms with van der Waals surface area (Å²) >= 11 is 1.64. The number of imidazole rings is 1. The first-order chi connectivity index (χ1) is 8.61. The van der Waals surface area contributed by atoms with Gasteiger partial charge in [0.1, 0.15) is 11.3 Å². The molecule has 18 heavy (non-hydrogen) atoms. The highest BCUT2D eigenvalue weighted by molar-refractivity contribution is 7.98. The number of nitrogens with zero attached hydrogens (tertiary/aromatic N) is 3. The van der Waals surface area contributed by atoms with E-state index >= 15 is 0 Å². The molecule has 94 valence electrons. The van der Waals surface area contributed by atoms with Crippen LogP contribution in [-0.2, 0) is 0 Å². The number of hydrogen-bond donors (Lipinski definition) is 0. The van der Waals surface area contributed by atoms with Gasteiger partial charge in [-0.2, -0.15) is 0 Å². The van der Waals surface area contributed by atoms with Crippen molar-refractivity contribution >= 4 is 23.2 Å². The van der Waals surface area contributed by atoms with Gasteiger partial charge in [-0.3, -0.25) is 9.20 Å². The van der Waals surface area contributed by atoms with Crippen LogP contribution in [0.15, 0.2) is 41.7 Å². The zero-order valence-corrected chi connectivity index (χ0v) is 11.4. The maximum absolute atomic E-state index is 12.0. The quantitative estimate of drug-likeness (QED) is 0.481. The number of ketones is 1. The van der Waals surface area contributed by atoms with Gasteiger partial charge in [0.25, 0.3) is 0 Å². The molecule has 0 saturated carbocycles. The summed E-state index contributed by atoms with van der Waals surface area (Å²) in [5.74, 6) is -0.0468. The van der Waals surface area contributed by atoms with Gasteiger partial charge in [0.2, 0.25) is 5.78 Å². The lowest BCUT2D eigenvalue weighted by Gasteiger charge is -2.03. The molecule has 0 atom stereocenters. The highest BCUT2D eigenvalue weighted by Crippen LogP contribution is 2.17. The van der Waals surface area contributed by atoms with Gasteiger partial charge in [0, 0.05) is 37.5 Å². The smallest absolute Gasteiger partial charge is 0.205 e. The van der Waals surface area contributed by atoms with Gasteiger partial charge in [-0.05, 0) is 18.4 Å². The summed E-state index contributed by atoms with van der Waals surface area (Å²) < 4.78 is 1.83. The van der Waals surface area contributed by atoms with Crippen molar-refractivity contribution in [3.8, 4) is 0 Å². The van der Waals surface area contributed by atoms with E-state index in [1.807, 2.05) is 48.0 Å². The Balaban J connectivity index is 2.41. The van der Waals surface area contributed by atoms with Crippen LogP contribution in [0.5, 0.6) is 0 Å². The molecule has 0 saturated heterocycles. The normalized spacial score (nSPS) is 11.3. The van der Waals surface area contributed by atoms with Crippen molar-refractivity contribution in [2.24, 2.45) is 0 Å². The molecule has 0 aliphatic heterocycles. The molecule has 4 nitrogen and oxygen atoms in total. The van der Waals surface area contributed by atoms with E-state index in [2.05, 4.69) is 4.98 Å². The number of hydrogen-bond acceptors (Lipinski definition) is 4.